The lowest BCUT2D eigenvalue weighted by molar-refractivity contribution is 0.00929. The largest absolute Gasteiger partial charge is 0.444 e. The van der Waals surface area contributed by atoms with E-state index >= 15 is 0 Å². The number of carbonyl (C=O) groups is 1. The molecule has 0 aliphatic carbocycles. The lowest BCUT2D eigenvalue weighted by Crippen LogP contribution is -2.46. The van der Waals surface area contributed by atoms with Gasteiger partial charge in [0.25, 0.3) is 0 Å². The molecule has 2 aromatic heterocycles. The smallest absolute Gasteiger partial charge is 0.410 e. The molecular weight excluding hydrogens is 454 g/mol. The van der Waals surface area contributed by atoms with E-state index in [4.69, 9.17) is 16.3 Å². The number of anilines is 1. The van der Waals surface area contributed by atoms with Crippen LogP contribution in [0.3, 0.4) is 0 Å². The number of carbonyl (C=O) groups excluding carboxylic acids is 1. The Bertz CT molecular complexity index is 928. The maximum Gasteiger partial charge on any atom is 0.410 e. The Morgan fingerprint density at radius 1 is 1.32 bits per heavy atom. The van der Waals surface area contributed by atoms with E-state index in [2.05, 4.69) is 43.8 Å². The molecule has 0 saturated carbocycles. The minimum Gasteiger partial charge on any atom is -0.444 e. The number of hydrogen-bond acceptors (Lipinski definition) is 7. The fourth-order valence-electron chi connectivity index (χ4n) is 3.99. The molecule has 10 heteroatoms. The van der Waals surface area contributed by atoms with Crippen LogP contribution in [0.4, 0.5) is 10.7 Å². The summed E-state index contributed by atoms with van der Waals surface area (Å²) < 4.78 is 5.60. The summed E-state index contributed by atoms with van der Waals surface area (Å²) in [5, 5.41) is 14.5. The van der Waals surface area contributed by atoms with Gasteiger partial charge in [0, 0.05) is 44.3 Å². The first-order valence-corrected chi connectivity index (χ1v) is 12.6. The summed E-state index contributed by atoms with van der Waals surface area (Å²) >= 11 is 6.32. The van der Waals surface area contributed by atoms with Crippen LogP contribution in [0.25, 0.3) is 0 Å². The van der Waals surface area contributed by atoms with Crippen molar-refractivity contribution in [2.24, 2.45) is 0 Å². The van der Waals surface area contributed by atoms with Crippen LogP contribution in [-0.4, -0.2) is 62.4 Å². The van der Waals surface area contributed by atoms with Crippen LogP contribution < -0.4 is 10.6 Å². The highest BCUT2D eigenvalue weighted by Gasteiger charge is 2.30. The van der Waals surface area contributed by atoms with Gasteiger partial charge >= 0.3 is 6.09 Å². The van der Waals surface area contributed by atoms with Crippen molar-refractivity contribution < 1.29 is 9.53 Å². The summed E-state index contributed by atoms with van der Waals surface area (Å²) in [6.45, 7) is 10.7. The zero-order valence-corrected chi connectivity index (χ0v) is 21.5. The number of aryl methyl sites for hydroxylation is 1. The lowest BCUT2D eigenvalue weighted by atomic mass is 10.00. The van der Waals surface area contributed by atoms with Gasteiger partial charge in [0.05, 0.1) is 22.6 Å². The molecular formula is C24H38ClN7O2. The molecule has 3 N–H and O–H groups in total. The monoisotopic (exact) mass is 491 g/mol. The Kier molecular flexibility index (Phi) is 9.53. The fourth-order valence-corrected chi connectivity index (χ4v) is 4.17. The minimum atomic E-state index is -0.490. The normalized spacial score (nSPS) is 16.5. The molecule has 3 heterocycles. The van der Waals surface area contributed by atoms with E-state index < -0.39 is 5.60 Å². The number of H-pyrrole nitrogens is 1. The van der Waals surface area contributed by atoms with Crippen molar-refractivity contribution in [3.8, 4) is 0 Å². The van der Waals surface area contributed by atoms with Gasteiger partial charge in [-0.05, 0) is 58.9 Å². The molecule has 0 spiro atoms. The number of halogens is 1. The van der Waals surface area contributed by atoms with E-state index in [1.165, 1.54) is 0 Å². The predicted molar refractivity (Wildman–Crippen MR) is 134 cm³/mol. The van der Waals surface area contributed by atoms with Crippen LogP contribution in [0.15, 0.2) is 12.3 Å². The molecule has 34 heavy (non-hydrogen) atoms. The van der Waals surface area contributed by atoms with Crippen molar-refractivity contribution >= 4 is 23.6 Å². The van der Waals surface area contributed by atoms with E-state index in [-0.39, 0.29) is 12.1 Å². The van der Waals surface area contributed by atoms with Crippen LogP contribution in [0.2, 0.25) is 5.02 Å². The van der Waals surface area contributed by atoms with E-state index in [0.717, 1.165) is 68.8 Å². The van der Waals surface area contributed by atoms with Crippen molar-refractivity contribution in [2.45, 2.75) is 84.4 Å². The summed E-state index contributed by atoms with van der Waals surface area (Å²) in [5.41, 5.74) is 2.44. The summed E-state index contributed by atoms with van der Waals surface area (Å²) in [6, 6.07) is 2.23. The number of ether oxygens (including phenoxy) is 1. The summed E-state index contributed by atoms with van der Waals surface area (Å²) in [6.07, 6.45) is 6.96. The van der Waals surface area contributed by atoms with E-state index in [1.54, 1.807) is 6.20 Å². The number of rotatable bonds is 10. The molecule has 9 nitrogen and oxygen atoms in total. The molecule has 1 saturated heterocycles. The Morgan fingerprint density at radius 2 is 2.15 bits per heavy atom. The molecule has 2 aromatic rings. The molecule has 1 unspecified atom stereocenters. The number of nitrogens with zero attached hydrogens (tertiary/aromatic N) is 4. The second-order valence-corrected chi connectivity index (χ2v) is 10.1. The Morgan fingerprint density at radius 3 is 2.88 bits per heavy atom. The molecule has 0 radical (unpaired) electrons. The molecule has 188 valence electrons. The zero-order valence-electron chi connectivity index (χ0n) is 20.8. The van der Waals surface area contributed by atoms with Crippen LogP contribution in [-0.2, 0) is 24.1 Å². The number of amides is 1. The highest BCUT2D eigenvalue weighted by Crippen LogP contribution is 2.23. The quantitative estimate of drug-likeness (QED) is 0.424. The second kappa shape index (κ2) is 12.4. The van der Waals surface area contributed by atoms with Crippen LogP contribution >= 0.6 is 11.6 Å². The Balaban J connectivity index is 1.46. The first-order valence-electron chi connectivity index (χ1n) is 12.2. The van der Waals surface area contributed by atoms with Crippen LogP contribution in [0, 0.1) is 0 Å². The average Bonchev–Trinajstić information content (AvgIpc) is 3.26. The zero-order chi connectivity index (χ0) is 24.6. The van der Waals surface area contributed by atoms with Crippen molar-refractivity contribution in [3.63, 3.8) is 0 Å². The summed E-state index contributed by atoms with van der Waals surface area (Å²) in [5.74, 6) is 0.556. The number of aromatic nitrogens is 4. The molecule has 0 aromatic carbocycles. The maximum absolute atomic E-state index is 12.6. The fraction of sp³-hybridized carbons (Fsp3) is 0.667. The molecule has 1 atom stereocenters. The standard InChI is InChI=1S/C24H38ClN7O2/c1-5-17-14-18(31-30-17)15-26-11-10-21-20(25)16-28-22(29-21)27-12-9-19-8-6-7-13-32(19)23(33)34-24(2,3)4/h14,16,19,26H,5-13,15H2,1-4H3,(H,30,31)(H,27,28,29). The van der Waals surface area contributed by atoms with Crippen molar-refractivity contribution in [2.75, 3.05) is 25.0 Å². The molecule has 1 fully saturated rings. The van der Waals surface area contributed by atoms with Crippen LogP contribution in [0.5, 0.6) is 0 Å². The van der Waals surface area contributed by atoms with Gasteiger partial charge in [-0.3, -0.25) is 5.10 Å². The van der Waals surface area contributed by atoms with Gasteiger partial charge in [-0.25, -0.2) is 14.8 Å². The van der Waals surface area contributed by atoms with Gasteiger partial charge in [-0.2, -0.15) is 5.10 Å². The Hall–Kier alpha value is -2.39. The second-order valence-electron chi connectivity index (χ2n) is 9.69. The van der Waals surface area contributed by atoms with Gasteiger partial charge < -0.3 is 20.3 Å². The Labute approximate surface area is 207 Å². The number of nitrogens with one attached hydrogen (secondary N) is 3. The number of likely N-dealkylation sites (tertiary alicyclic amines) is 1. The van der Waals surface area contributed by atoms with Crippen molar-refractivity contribution in [3.05, 3.63) is 34.4 Å². The summed E-state index contributed by atoms with van der Waals surface area (Å²) in [7, 11) is 0. The number of hydrogen-bond donors (Lipinski definition) is 3. The molecule has 3 rings (SSSR count). The van der Waals surface area contributed by atoms with Gasteiger partial charge in [0.2, 0.25) is 5.95 Å². The minimum absolute atomic E-state index is 0.155. The lowest BCUT2D eigenvalue weighted by Gasteiger charge is -2.36. The van der Waals surface area contributed by atoms with Crippen LogP contribution in [0.1, 0.15) is 70.5 Å². The third kappa shape index (κ3) is 8.13. The third-order valence-corrected chi connectivity index (χ3v) is 6.05. The molecule has 1 aliphatic heterocycles. The third-order valence-electron chi connectivity index (χ3n) is 5.73. The van der Waals surface area contributed by atoms with Crippen molar-refractivity contribution in [1.29, 1.82) is 0 Å². The topological polar surface area (TPSA) is 108 Å². The molecule has 1 amide bonds. The predicted octanol–water partition coefficient (Wildman–Crippen LogP) is 4.34. The number of piperidine rings is 1. The van der Waals surface area contributed by atoms with E-state index in [1.807, 2.05) is 25.7 Å². The first-order chi connectivity index (χ1) is 16.2. The molecule has 0 bridgehead atoms. The SMILES string of the molecule is CCc1cc(CNCCc2nc(NCCC3CCCCN3C(=O)OC(C)(C)C)ncc2Cl)[nH]n1. The first kappa shape index (κ1) is 26.2. The van der Waals surface area contributed by atoms with Gasteiger partial charge in [-0.15, -0.1) is 0 Å². The number of aromatic amines is 1. The average molecular weight is 492 g/mol. The van der Waals surface area contributed by atoms with E-state index in [9.17, 15) is 4.79 Å². The van der Waals surface area contributed by atoms with Gasteiger partial charge in [0.1, 0.15) is 5.60 Å². The highest BCUT2D eigenvalue weighted by molar-refractivity contribution is 6.31. The van der Waals surface area contributed by atoms with Gasteiger partial charge in [-0.1, -0.05) is 18.5 Å². The van der Waals surface area contributed by atoms with Crippen molar-refractivity contribution in [1.82, 2.24) is 30.4 Å². The highest BCUT2D eigenvalue weighted by atomic mass is 35.5. The maximum atomic E-state index is 12.6. The van der Waals surface area contributed by atoms with E-state index in [0.29, 0.717) is 23.9 Å². The summed E-state index contributed by atoms with van der Waals surface area (Å²) in [4.78, 5) is 23.4. The molecule has 1 aliphatic rings. The van der Waals surface area contributed by atoms with Gasteiger partial charge in [0.15, 0.2) is 0 Å².